The number of alkyl halides is 2. The Labute approximate surface area is 95.8 Å². The highest BCUT2D eigenvalue weighted by Gasteiger charge is 2.25. The molecule has 2 N–H and O–H groups in total. The van der Waals surface area contributed by atoms with Crippen molar-refractivity contribution in [1.82, 2.24) is 4.98 Å². The van der Waals surface area contributed by atoms with Crippen LogP contribution in [0.4, 0.5) is 14.6 Å². The molecule has 0 aliphatic carbocycles. The fourth-order valence-electron chi connectivity index (χ4n) is 1.24. The van der Waals surface area contributed by atoms with Gasteiger partial charge in [-0.2, -0.15) is 5.26 Å². The molecule has 5 nitrogen and oxygen atoms in total. The predicted octanol–water partition coefficient (Wildman–Crippen LogP) is 1.65. The minimum absolute atomic E-state index is 0.0138. The van der Waals surface area contributed by atoms with E-state index in [0.29, 0.717) is 0 Å². The van der Waals surface area contributed by atoms with E-state index >= 15 is 0 Å². The lowest BCUT2D eigenvalue weighted by molar-refractivity contribution is 0.0507. The molecule has 1 heterocycles. The average molecular weight is 241 g/mol. The van der Waals surface area contributed by atoms with Crippen LogP contribution in [0, 0.1) is 11.3 Å². The number of anilines is 1. The number of nitrogens with two attached hydrogens (primary N) is 1. The molecule has 0 aliphatic rings. The largest absolute Gasteiger partial charge is 0.461 e. The third-order valence-electron chi connectivity index (χ3n) is 1.89. The lowest BCUT2D eigenvalue weighted by Crippen LogP contribution is -2.14. The summed E-state index contributed by atoms with van der Waals surface area (Å²) in [6, 6.07) is 2.54. The van der Waals surface area contributed by atoms with Gasteiger partial charge in [-0.1, -0.05) is 0 Å². The number of esters is 1. The molecule has 0 bridgehead atoms. The second-order valence-corrected chi connectivity index (χ2v) is 2.99. The van der Waals surface area contributed by atoms with Crippen molar-refractivity contribution in [3.05, 3.63) is 22.9 Å². The van der Waals surface area contributed by atoms with E-state index in [1.807, 2.05) is 0 Å². The molecule has 1 rings (SSSR count). The highest BCUT2D eigenvalue weighted by atomic mass is 19.3. The predicted molar refractivity (Wildman–Crippen MR) is 54.3 cm³/mol. The molecule has 1 aromatic heterocycles. The van der Waals surface area contributed by atoms with Crippen molar-refractivity contribution in [2.75, 3.05) is 12.3 Å². The van der Waals surface area contributed by atoms with Gasteiger partial charge in [-0.25, -0.2) is 18.6 Å². The topological polar surface area (TPSA) is 89.0 Å². The molecule has 0 radical (unpaired) electrons. The van der Waals surface area contributed by atoms with Gasteiger partial charge in [-0.05, 0) is 13.0 Å². The van der Waals surface area contributed by atoms with Gasteiger partial charge in [0, 0.05) is 0 Å². The molecular weight excluding hydrogens is 232 g/mol. The molecule has 0 aromatic carbocycles. The first-order valence-corrected chi connectivity index (χ1v) is 4.67. The molecular formula is C10H9F2N3O2. The molecule has 1 aromatic rings. The number of ether oxygens (including phenoxy) is 1. The Morgan fingerprint density at radius 2 is 2.35 bits per heavy atom. The molecule has 0 saturated carbocycles. The summed E-state index contributed by atoms with van der Waals surface area (Å²) in [5.74, 6) is -1.21. The summed E-state index contributed by atoms with van der Waals surface area (Å²) in [7, 11) is 0. The van der Waals surface area contributed by atoms with Crippen LogP contribution in [-0.2, 0) is 4.74 Å². The Kier molecular flexibility index (Phi) is 3.93. The highest BCUT2D eigenvalue weighted by Crippen LogP contribution is 2.27. The number of halogens is 2. The summed E-state index contributed by atoms with van der Waals surface area (Å²) in [4.78, 5) is 14.9. The number of nitrogen functional groups attached to an aromatic ring is 1. The number of hydrogen-bond acceptors (Lipinski definition) is 5. The standard InChI is InChI=1S/C10H9F2N3O2/c1-2-17-10(16)8-7(9(11)12)5(4-13)3-6(14)15-8/h3,9H,2H2,1H3,(H2,14,15). The zero-order valence-corrected chi connectivity index (χ0v) is 8.91. The van der Waals surface area contributed by atoms with E-state index in [0.717, 1.165) is 6.07 Å². The fraction of sp³-hybridized carbons (Fsp3) is 0.300. The van der Waals surface area contributed by atoms with Gasteiger partial charge in [-0.3, -0.25) is 0 Å². The van der Waals surface area contributed by atoms with Crippen LogP contribution in [0.15, 0.2) is 6.07 Å². The van der Waals surface area contributed by atoms with Crippen molar-refractivity contribution in [3.63, 3.8) is 0 Å². The lowest BCUT2D eigenvalue weighted by Gasteiger charge is -2.09. The highest BCUT2D eigenvalue weighted by molar-refractivity contribution is 5.90. The molecule has 0 aliphatic heterocycles. The number of nitrogens with zero attached hydrogens (tertiary/aromatic N) is 2. The van der Waals surface area contributed by atoms with Crippen LogP contribution >= 0.6 is 0 Å². The first-order chi connectivity index (χ1) is 8.01. The maximum Gasteiger partial charge on any atom is 0.357 e. The second-order valence-electron chi connectivity index (χ2n) is 2.99. The third kappa shape index (κ3) is 2.66. The third-order valence-corrected chi connectivity index (χ3v) is 1.89. The molecule has 90 valence electrons. The number of pyridine rings is 1. The van der Waals surface area contributed by atoms with E-state index in [4.69, 9.17) is 11.0 Å². The van der Waals surface area contributed by atoms with Gasteiger partial charge in [0.05, 0.1) is 23.8 Å². The van der Waals surface area contributed by atoms with Crippen LogP contribution in [0.25, 0.3) is 0 Å². The van der Waals surface area contributed by atoms with Crippen molar-refractivity contribution in [2.24, 2.45) is 0 Å². The minimum atomic E-state index is -3.00. The summed E-state index contributed by atoms with van der Waals surface area (Å²) < 4.78 is 30.1. The van der Waals surface area contributed by atoms with E-state index in [1.165, 1.54) is 6.92 Å². The molecule has 0 unspecified atom stereocenters. The maximum absolute atomic E-state index is 12.8. The van der Waals surface area contributed by atoms with Gasteiger partial charge in [0.25, 0.3) is 6.43 Å². The Hall–Kier alpha value is -2.23. The quantitative estimate of drug-likeness (QED) is 0.812. The van der Waals surface area contributed by atoms with Gasteiger partial charge in [0.2, 0.25) is 0 Å². The smallest absolute Gasteiger partial charge is 0.357 e. The molecule has 7 heteroatoms. The Bertz CT molecular complexity index is 483. The molecule has 0 atom stereocenters. The molecule has 0 fully saturated rings. The first kappa shape index (κ1) is 12.8. The van der Waals surface area contributed by atoms with Crippen molar-refractivity contribution in [3.8, 4) is 6.07 Å². The van der Waals surface area contributed by atoms with Crippen LogP contribution in [0.3, 0.4) is 0 Å². The molecule has 0 amide bonds. The first-order valence-electron chi connectivity index (χ1n) is 4.67. The zero-order chi connectivity index (χ0) is 13.0. The second kappa shape index (κ2) is 5.21. The number of hydrogen-bond donors (Lipinski definition) is 1. The average Bonchev–Trinajstić information content (AvgIpc) is 2.27. The Balaban J connectivity index is 3.42. The summed E-state index contributed by atoms with van der Waals surface area (Å²) in [5.41, 5.74) is 3.58. The number of carbonyl (C=O) groups is 1. The van der Waals surface area contributed by atoms with E-state index in [2.05, 4.69) is 9.72 Å². The van der Waals surface area contributed by atoms with E-state index in [9.17, 15) is 13.6 Å². The zero-order valence-electron chi connectivity index (χ0n) is 8.91. The number of nitriles is 1. The van der Waals surface area contributed by atoms with E-state index in [1.54, 1.807) is 6.07 Å². The van der Waals surface area contributed by atoms with Gasteiger partial charge in [0.1, 0.15) is 5.82 Å². The van der Waals surface area contributed by atoms with E-state index in [-0.39, 0.29) is 18.0 Å². The Morgan fingerprint density at radius 3 is 2.82 bits per heavy atom. The maximum atomic E-state index is 12.8. The molecule has 17 heavy (non-hydrogen) atoms. The van der Waals surface area contributed by atoms with Crippen molar-refractivity contribution < 1.29 is 18.3 Å². The number of aromatic nitrogens is 1. The van der Waals surface area contributed by atoms with Gasteiger partial charge in [0.15, 0.2) is 5.69 Å². The van der Waals surface area contributed by atoms with Crippen molar-refractivity contribution in [2.45, 2.75) is 13.3 Å². The van der Waals surface area contributed by atoms with E-state index < -0.39 is 23.7 Å². The summed E-state index contributed by atoms with van der Waals surface area (Å²) >= 11 is 0. The monoisotopic (exact) mass is 241 g/mol. The SMILES string of the molecule is CCOC(=O)c1nc(N)cc(C#N)c1C(F)F. The minimum Gasteiger partial charge on any atom is -0.461 e. The normalized spacial score (nSPS) is 10.1. The number of carbonyl (C=O) groups excluding carboxylic acids is 1. The van der Waals surface area contributed by atoms with Crippen LogP contribution in [0.5, 0.6) is 0 Å². The fourth-order valence-corrected chi connectivity index (χ4v) is 1.24. The number of rotatable bonds is 3. The summed E-state index contributed by atoms with van der Waals surface area (Å²) in [6.45, 7) is 1.54. The van der Waals surface area contributed by atoms with Crippen LogP contribution in [0.1, 0.15) is 35.0 Å². The van der Waals surface area contributed by atoms with Gasteiger partial charge >= 0.3 is 5.97 Å². The lowest BCUT2D eigenvalue weighted by atomic mass is 10.1. The van der Waals surface area contributed by atoms with Gasteiger partial charge in [-0.15, -0.1) is 0 Å². The van der Waals surface area contributed by atoms with Crippen molar-refractivity contribution in [1.29, 1.82) is 5.26 Å². The Morgan fingerprint density at radius 1 is 1.71 bits per heavy atom. The van der Waals surface area contributed by atoms with Crippen LogP contribution in [0.2, 0.25) is 0 Å². The summed E-state index contributed by atoms with van der Waals surface area (Å²) in [5, 5.41) is 8.71. The molecule has 0 spiro atoms. The van der Waals surface area contributed by atoms with Crippen molar-refractivity contribution >= 4 is 11.8 Å². The van der Waals surface area contributed by atoms with Crippen LogP contribution in [-0.4, -0.2) is 17.6 Å². The molecule has 0 saturated heterocycles. The van der Waals surface area contributed by atoms with Crippen LogP contribution < -0.4 is 5.73 Å². The summed E-state index contributed by atoms with van der Waals surface area (Å²) in [6.07, 6.45) is -3.00. The van der Waals surface area contributed by atoms with Gasteiger partial charge < -0.3 is 10.5 Å².